The van der Waals surface area contributed by atoms with Crippen LogP contribution in [0.25, 0.3) is 11.2 Å². The molecule has 10 heteroatoms. The highest BCUT2D eigenvalue weighted by Crippen LogP contribution is 2.32. The number of aliphatic hydroxyl groups excluding tert-OH is 3. The first kappa shape index (κ1) is 17.7. The van der Waals surface area contributed by atoms with Crippen LogP contribution >= 0.6 is 0 Å². The van der Waals surface area contributed by atoms with Gasteiger partial charge in [-0.25, -0.2) is 15.0 Å². The lowest BCUT2D eigenvalue weighted by atomic mass is 10.1. The van der Waals surface area contributed by atoms with Crippen LogP contribution in [-0.4, -0.2) is 64.7 Å². The van der Waals surface area contributed by atoms with Crippen molar-refractivity contribution in [3.63, 3.8) is 0 Å². The summed E-state index contributed by atoms with van der Waals surface area (Å²) in [7, 11) is 0. The number of pyridine rings is 1. The maximum absolute atomic E-state index is 10.3. The van der Waals surface area contributed by atoms with Gasteiger partial charge in [0.05, 0.1) is 19.0 Å². The second kappa shape index (κ2) is 7.16. The van der Waals surface area contributed by atoms with E-state index in [-0.39, 0.29) is 6.04 Å². The molecule has 142 valence electrons. The zero-order valence-corrected chi connectivity index (χ0v) is 14.5. The van der Waals surface area contributed by atoms with Gasteiger partial charge in [-0.05, 0) is 18.6 Å². The molecular weight excluding hydrogens is 352 g/mol. The van der Waals surface area contributed by atoms with E-state index in [0.29, 0.717) is 17.0 Å². The zero-order valence-electron chi connectivity index (χ0n) is 14.5. The minimum absolute atomic E-state index is 0.0594. The Bertz CT molecular complexity index is 920. The number of fused-ring (bicyclic) bond motifs is 1. The van der Waals surface area contributed by atoms with Gasteiger partial charge in [0.25, 0.3) is 0 Å². The van der Waals surface area contributed by atoms with Crippen LogP contribution in [0.3, 0.4) is 0 Å². The summed E-state index contributed by atoms with van der Waals surface area (Å²) < 4.78 is 7.09. The SMILES string of the molecule is CC(Nc1ncnc2c1ncn2[C@@H]1O[C@H](CO)[C@@H](O)[C@H]1O)c1cccnc1. The molecule has 1 fully saturated rings. The molecule has 0 radical (unpaired) electrons. The molecule has 1 aliphatic heterocycles. The molecule has 3 aromatic rings. The molecule has 1 aliphatic rings. The Morgan fingerprint density at radius 3 is 2.81 bits per heavy atom. The van der Waals surface area contributed by atoms with Crippen LogP contribution < -0.4 is 5.32 Å². The molecule has 4 heterocycles. The van der Waals surface area contributed by atoms with Crippen molar-refractivity contribution in [2.24, 2.45) is 0 Å². The summed E-state index contributed by atoms with van der Waals surface area (Å²) in [5, 5.41) is 32.8. The fourth-order valence-electron chi connectivity index (χ4n) is 3.17. The maximum atomic E-state index is 10.3. The Morgan fingerprint density at radius 2 is 2.11 bits per heavy atom. The molecule has 4 N–H and O–H groups in total. The van der Waals surface area contributed by atoms with E-state index in [0.717, 1.165) is 5.56 Å². The molecule has 10 nitrogen and oxygen atoms in total. The molecule has 0 spiro atoms. The Hall–Kier alpha value is -2.66. The Morgan fingerprint density at radius 1 is 1.26 bits per heavy atom. The van der Waals surface area contributed by atoms with E-state index in [1.807, 2.05) is 19.1 Å². The molecule has 1 saturated heterocycles. The van der Waals surface area contributed by atoms with Crippen molar-refractivity contribution in [3.05, 3.63) is 42.7 Å². The number of nitrogens with zero attached hydrogens (tertiary/aromatic N) is 5. The van der Waals surface area contributed by atoms with Gasteiger partial charge in [0.2, 0.25) is 0 Å². The quantitative estimate of drug-likeness (QED) is 0.487. The molecule has 0 amide bonds. The van der Waals surface area contributed by atoms with Crippen molar-refractivity contribution in [3.8, 4) is 0 Å². The summed E-state index contributed by atoms with van der Waals surface area (Å²) in [6, 6.07) is 3.76. The maximum Gasteiger partial charge on any atom is 0.167 e. The Balaban J connectivity index is 1.64. The molecule has 4 rings (SSSR count). The van der Waals surface area contributed by atoms with Gasteiger partial charge in [0, 0.05) is 12.4 Å². The number of rotatable bonds is 5. The Labute approximate surface area is 154 Å². The van der Waals surface area contributed by atoms with Crippen molar-refractivity contribution >= 4 is 17.0 Å². The summed E-state index contributed by atoms with van der Waals surface area (Å²) in [5.74, 6) is 0.529. The topological polar surface area (TPSA) is 138 Å². The number of aromatic nitrogens is 5. The highest BCUT2D eigenvalue weighted by molar-refractivity contribution is 5.82. The second-order valence-electron chi connectivity index (χ2n) is 6.43. The third kappa shape index (κ3) is 3.12. The first-order chi connectivity index (χ1) is 13.1. The summed E-state index contributed by atoms with van der Waals surface area (Å²) in [6.45, 7) is 1.58. The average molecular weight is 372 g/mol. The average Bonchev–Trinajstić information content (AvgIpc) is 3.25. The monoisotopic (exact) mass is 372 g/mol. The number of imidazole rings is 1. The molecule has 27 heavy (non-hydrogen) atoms. The van der Waals surface area contributed by atoms with Gasteiger partial charge in [-0.3, -0.25) is 9.55 Å². The lowest BCUT2D eigenvalue weighted by molar-refractivity contribution is -0.0511. The minimum atomic E-state index is -1.21. The summed E-state index contributed by atoms with van der Waals surface area (Å²) >= 11 is 0. The molecule has 1 unspecified atom stereocenters. The first-order valence-corrected chi connectivity index (χ1v) is 8.56. The zero-order chi connectivity index (χ0) is 19.0. The summed E-state index contributed by atoms with van der Waals surface area (Å²) in [4.78, 5) is 17.0. The van der Waals surface area contributed by atoms with Crippen molar-refractivity contribution in [1.29, 1.82) is 0 Å². The highest BCUT2D eigenvalue weighted by Gasteiger charge is 2.44. The van der Waals surface area contributed by atoms with Crippen LogP contribution in [0.15, 0.2) is 37.2 Å². The molecule has 3 aromatic heterocycles. The van der Waals surface area contributed by atoms with Crippen LogP contribution in [0.5, 0.6) is 0 Å². The Kier molecular flexibility index (Phi) is 4.70. The number of ether oxygens (including phenoxy) is 1. The van der Waals surface area contributed by atoms with Gasteiger partial charge in [0.15, 0.2) is 23.2 Å². The number of aliphatic hydroxyl groups is 3. The van der Waals surface area contributed by atoms with E-state index in [1.54, 1.807) is 12.4 Å². The number of anilines is 1. The third-order valence-corrected chi connectivity index (χ3v) is 4.69. The van der Waals surface area contributed by atoms with E-state index in [1.165, 1.54) is 17.2 Å². The van der Waals surface area contributed by atoms with Crippen molar-refractivity contribution in [2.75, 3.05) is 11.9 Å². The van der Waals surface area contributed by atoms with E-state index in [9.17, 15) is 15.3 Å². The fourth-order valence-corrected chi connectivity index (χ4v) is 3.17. The van der Waals surface area contributed by atoms with E-state index < -0.39 is 31.1 Å². The molecule has 0 aromatic carbocycles. The van der Waals surface area contributed by atoms with Gasteiger partial charge in [0.1, 0.15) is 24.6 Å². The highest BCUT2D eigenvalue weighted by atomic mass is 16.6. The van der Waals surface area contributed by atoms with Crippen LogP contribution in [0, 0.1) is 0 Å². The van der Waals surface area contributed by atoms with Crippen LogP contribution in [0.1, 0.15) is 24.8 Å². The molecule has 5 atom stereocenters. The van der Waals surface area contributed by atoms with Crippen molar-refractivity contribution < 1.29 is 20.1 Å². The minimum Gasteiger partial charge on any atom is -0.394 e. The third-order valence-electron chi connectivity index (χ3n) is 4.69. The van der Waals surface area contributed by atoms with E-state index in [2.05, 4.69) is 25.3 Å². The van der Waals surface area contributed by atoms with Gasteiger partial charge in [-0.2, -0.15) is 0 Å². The van der Waals surface area contributed by atoms with E-state index >= 15 is 0 Å². The van der Waals surface area contributed by atoms with E-state index in [4.69, 9.17) is 4.74 Å². The number of nitrogens with one attached hydrogen (secondary N) is 1. The largest absolute Gasteiger partial charge is 0.394 e. The standard InChI is InChI=1S/C17H20N6O4/c1-9(10-3-2-4-18-5-10)22-15-12-16(20-7-19-15)23(8-21-12)17-14(26)13(25)11(6-24)27-17/h2-5,7-9,11,13-14,17,24-26H,6H2,1H3,(H,19,20,22)/t9?,11-,13-,14-,17-/m1/s1. The van der Waals surface area contributed by atoms with Gasteiger partial charge < -0.3 is 25.4 Å². The molecule has 0 bridgehead atoms. The second-order valence-corrected chi connectivity index (χ2v) is 6.43. The normalized spacial score (nSPS) is 26.4. The number of hydrogen-bond acceptors (Lipinski definition) is 9. The fraction of sp³-hybridized carbons (Fsp3) is 0.412. The smallest absolute Gasteiger partial charge is 0.167 e. The van der Waals surface area contributed by atoms with Crippen molar-refractivity contribution in [2.45, 2.75) is 37.5 Å². The van der Waals surface area contributed by atoms with Gasteiger partial charge in [-0.15, -0.1) is 0 Å². The summed E-state index contributed by atoms with van der Waals surface area (Å²) in [6.07, 6.45) is 2.17. The lowest BCUT2D eigenvalue weighted by Crippen LogP contribution is -2.33. The van der Waals surface area contributed by atoms with Gasteiger partial charge >= 0.3 is 0 Å². The predicted octanol–water partition coefficient (Wildman–Crippen LogP) is 0.00590. The predicted molar refractivity (Wildman–Crippen MR) is 94.6 cm³/mol. The first-order valence-electron chi connectivity index (χ1n) is 8.56. The van der Waals surface area contributed by atoms with Crippen molar-refractivity contribution in [1.82, 2.24) is 24.5 Å². The lowest BCUT2D eigenvalue weighted by Gasteiger charge is -2.17. The number of hydrogen-bond donors (Lipinski definition) is 4. The van der Waals surface area contributed by atoms with Crippen LogP contribution in [0.4, 0.5) is 5.82 Å². The molecule has 0 aliphatic carbocycles. The van der Waals surface area contributed by atoms with Crippen LogP contribution in [0.2, 0.25) is 0 Å². The molecule has 0 saturated carbocycles. The van der Waals surface area contributed by atoms with Crippen LogP contribution in [-0.2, 0) is 4.74 Å². The molecular formula is C17H20N6O4. The summed E-state index contributed by atoms with van der Waals surface area (Å²) in [5.41, 5.74) is 1.94. The van der Waals surface area contributed by atoms with Gasteiger partial charge in [-0.1, -0.05) is 6.07 Å².